The average Bonchev–Trinajstić information content (AvgIpc) is 2.52. The molecule has 1 fully saturated rings. The standard InChI is InChI=1S/C15H23N3O2.ClH/c1-2-20-10-4-6-15(19)18-9-8-17-12-14(18)13-5-3-7-16-11-13;/h3,5,7,11,14,17H,2,4,6,8-10,12H2,1H3;1H. The van der Waals surface area contributed by atoms with Crippen molar-refractivity contribution in [2.45, 2.75) is 25.8 Å². The molecule has 0 radical (unpaired) electrons. The summed E-state index contributed by atoms with van der Waals surface area (Å²) >= 11 is 0. The minimum absolute atomic E-state index is 0. The summed E-state index contributed by atoms with van der Waals surface area (Å²) < 4.78 is 5.29. The molecule has 6 heteroatoms. The number of amides is 1. The molecule has 0 spiro atoms. The molecule has 2 heterocycles. The second kappa shape index (κ2) is 9.71. The van der Waals surface area contributed by atoms with Crippen LogP contribution in [0.4, 0.5) is 0 Å². The van der Waals surface area contributed by atoms with Gasteiger partial charge in [0.2, 0.25) is 5.91 Å². The van der Waals surface area contributed by atoms with E-state index in [-0.39, 0.29) is 24.4 Å². The molecule has 21 heavy (non-hydrogen) atoms. The predicted octanol–water partition coefficient (Wildman–Crippen LogP) is 1.79. The van der Waals surface area contributed by atoms with Crippen molar-refractivity contribution in [3.8, 4) is 0 Å². The van der Waals surface area contributed by atoms with Gasteiger partial charge in [0.25, 0.3) is 0 Å². The van der Waals surface area contributed by atoms with Gasteiger partial charge in [0.15, 0.2) is 0 Å². The largest absolute Gasteiger partial charge is 0.382 e. The minimum atomic E-state index is 0. The Kier molecular flexibility index (Phi) is 8.27. The number of rotatable bonds is 6. The summed E-state index contributed by atoms with van der Waals surface area (Å²) in [4.78, 5) is 18.5. The lowest BCUT2D eigenvalue weighted by molar-refractivity contribution is -0.134. The predicted molar refractivity (Wildman–Crippen MR) is 84.5 cm³/mol. The highest BCUT2D eigenvalue weighted by Crippen LogP contribution is 2.22. The Morgan fingerprint density at radius 2 is 2.43 bits per heavy atom. The van der Waals surface area contributed by atoms with E-state index in [0.29, 0.717) is 19.6 Å². The van der Waals surface area contributed by atoms with Gasteiger partial charge in [0.05, 0.1) is 6.04 Å². The first-order valence-corrected chi connectivity index (χ1v) is 7.30. The van der Waals surface area contributed by atoms with Gasteiger partial charge in [-0.2, -0.15) is 0 Å². The van der Waals surface area contributed by atoms with E-state index in [0.717, 1.165) is 31.6 Å². The van der Waals surface area contributed by atoms with Gasteiger partial charge in [-0.05, 0) is 25.0 Å². The first-order chi connectivity index (χ1) is 9.83. The zero-order valence-electron chi connectivity index (χ0n) is 12.5. The van der Waals surface area contributed by atoms with Crippen molar-refractivity contribution < 1.29 is 9.53 Å². The van der Waals surface area contributed by atoms with E-state index in [1.54, 1.807) is 6.20 Å². The molecule has 0 bridgehead atoms. The number of piperazine rings is 1. The Hall–Kier alpha value is -1.17. The van der Waals surface area contributed by atoms with Crippen molar-refractivity contribution in [2.75, 3.05) is 32.8 Å². The third-order valence-corrected chi connectivity index (χ3v) is 3.52. The molecular formula is C15H24ClN3O2. The number of hydrogen-bond acceptors (Lipinski definition) is 4. The highest BCUT2D eigenvalue weighted by Gasteiger charge is 2.27. The Balaban J connectivity index is 0.00000220. The topological polar surface area (TPSA) is 54.5 Å². The Labute approximate surface area is 132 Å². The van der Waals surface area contributed by atoms with Crippen LogP contribution in [0, 0.1) is 0 Å². The fraction of sp³-hybridized carbons (Fsp3) is 0.600. The quantitative estimate of drug-likeness (QED) is 0.814. The molecular weight excluding hydrogens is 290 g/mol. The number of ether oxygens (including phenoxy) is 1. The van der Waals surface area contributed by atoms with Gasteiger partial charge in [-0.15, -0.1) is 12.4 Å². The van der Waals surface area contributed by atoms with Crippen molar-refractivity contribution in [3.05, 3.63) is 30.1 Å². The first kappa shape index (κ1) is 17.9. The summed E-state index contributed by atoms with van der Waals surface area (Å²) in [5.74, 6) is 0.208. The molecule has 1 aliphatic heterocycles. The fourth-order valence-corrected chi connectivity index (χ4v) is 2.49. The van der Waals surface area contributed by atoms with Crippen molar-refractivity contribution in [2.24, 2.45) is 0 Å². The van der Waals surface area contributed by atoms with Crippen LogP contribution in [0.5, 0.6) is 0 Å². The maximum absolute atomic E-state index is 12.4. The molecule has 0 aromatic carbocycles. The van der Waals surface area contributed by atoms with Crippen molar-refractivity contribution in [3.63, 3.8) is 0 Å². The van der Waals surface area contributed by atoms with Gasteiger partial charge in [-0.1, -0.05) is 6.07 Å². The molecule has 5 nitrogen and oxygen atoms in total. The molecule has 2 rings (SSSR count). The molecule has 0 saturated carbocycles. The summed E-state index contributed by atoms with van der Waals surface area (Å²) in [5.41, 5.74) is 1.10. The van der Waals surface area contributed by atoms with Gasteiger partial charge in [-0.25, -0.2) is 0 Å². The molecule has 1 N–H and O–H groups in total. The number of nitrogens with one attached hydrogen (secondary N) is 1. The van der Waals surface area contributed by atoms with E-state index in [4.69, 9.17) is 4.74 Å². The zero-order chi connectivity index (χ0) is 14.2. The summed E-state index contributed by atoms with van der Waals surface area (Å²) in [6, 6.07) is 4.05. The smallest absolute Gasteiger partial charge is 0.223 e. The van der Waals surface area contributed by atoms with Crippen LogP contribution in [0.2, 0.25) is 0 Å². The highest BCUT2D eigenvalue weighted by atomic mass is 35.5. The molecule has 1 aromatic rings. The maximum Gasteiger partial charge on any atom is 0.223 e. The van der Waals surface area contributed by atoms with Crippen molar-refractivity contribution >= 4 is 18.3 Å². The number of nitrogens with zero attached hydrogens (tertiary/aromatic N) is 2. The first-order valence-electron chi connectivity index (χ1n) is 7.30. The highest BCUT2D eigenvalue weighted by molar-refractivity contribution is 5.85. The Bertz CT molecular complexity index is 417. The van der Waals surface area contributed by atoms with Crippen LogP contribution in [0.1, 0.15) is 31.4 Å². The van der Waals surface area contributed by atoms with Gasteiger partial charge >= 0.3 is 0 Å². The number of carbonyl (C=O) groups excluding carboxylic acids is 1. The monoisotopic (exact) mass is 313 g/mol. The van der Waals surface area contributed by atoms with Crippen LogP contribution >= 0.6 is 12.4 Å². The van der Waals surface area contributed by atoms with Crippen LogP contribution in [0.15, 0.2) is 24.5 Å². The average molecular weight is 314 g/mol. The molecule has 1 aliphatic rings. The normalized spacial score (nSPS) is 18.1. The Morgan fingerprint density at radius 1 is 1.57 bits per heavy atom. The molecule has 1 aromatic heterocycles. The lowest BCUT2D eigenvalue weighted by Crippen LogP contribution is -2.48. The van der Waals surface area contributed by atoms with E-state index < -0.39 is 0 Å². The lowest BCUT2D eigenvalue weighted by Gasteiger charge is -2.36. The summed E-state index contributed by atoms with van der Waals surface area (Å²) in [5, 5.41) is 3.35. The van der Waals surface area contributed by atoms with Crippen LogP contribution in [0.3, 0.4) is 0 Å². The van der Waals surface area contributed by atoms with Gasteiger partial charge in [0.1, 0.15) is 0 Å². The number of carbonyl (C=O) groups is 1. The summed E-state index contributed by atoms with van der Waals surface area (Å²) in [6.07, 6.45) is 4.94. The third-order valence-electron chi connectivity index (χ3n) is 3.52. The molecule has 0 aliphatic carbocycles. The number of halogens is 1. The van der Waals surface area contributed by atoms with Crippen molar-refractivity contribution in [1.29, 1.82) is 0 Å². The molecule has 1 unspecified atom stereocenters. The van der Waals surface area contributed by atoms with Crippen LogP contribution in [0.25, 0.3) is 0 Å². The van der Waals surface area contributed by atoms with Gasteiger partial charge < -0.3 is 15.0 Å². The molecule has 1 saturated heterocycles. The number of aromatic nitrogens is 1. The molecule has 1 amide bonds. The third kappa shape index (κ3) is 5.26. The molecule has 1 atom stereocenters. The number of hydrogen-bond donors (Lipinski definition) is 1. The number of pyridine rings is 1. The van der Waals surface area contributed by atoms with Crippen LogP contribution < -0.4 is 5.32 Å². The summed E-state index contributed by atoms with van der Waals surface area (Å²) in [6.45, 7) is 5.74. The minimum Gasteiger partial charge on any atom is -0.382 e. The van der Waals surface area contributed by atoms with E-state index in [9.17, 15) is 4.79 Å². The van der Waals surface area contributed by atoms with E-state index in [2.05, 4.69) is 10.3 Å². The maximum atomic E-state index is 12.4. The SMILES string of the molecule is CCOCCCC(=O)N1CCNCC1c1cccnc1.Cl. The van der Waals surface area contributed by atoms with E-state index in [1.165, 1.54) is 0 Å². The van der Waals surface area contributed by atoms with Crippen LogP contribution in [-0.2, 0) is 9.53 Å². The molecule has 118 valence electrons. The second-order valence-electron chi connectivity index (χ2n) is 4.89. The Morgan fingerprint density at radius 3 is 3.14 bits per heavy atom. The van der Waals surface area contributed by atoms with Crippen molar-refractivity contribution in [1.82, 2.24) is 15.2 Å². The van der Waals surface area contributed by atoms with E-state index in [1.807, 2.05) is 30.2 Å². The fourth-order valence-electron chi connectivity index (χ4n) is 2.49. The van der Waals surface area contributed by atoms with Gasteiger partial charge in [0, 0.05) is 51.7 Å². The summed E-state index contributed by atoms with van der Waals surface area (Å²) in [7, 11) is 0. The second-order valence-corrected chi connectivity index (χ2v) is 4.89. The van der Waals surface area contributed by atoms with Gasteiger partial charge in [-0.3, -0.25) is 9.78 Å². The lowest BCUT2D eigenvalue weighted by atomic mass is 10.0. The zero-order valence-corrected chi connectivity index (χ0v) is 13.3. The van der Waals surface area contributed by atoms with Crippen LogP contribution in [-0.4, -0.2) is 48.6 Å². The van der Waals surface area contributed by atoms with E-state index >= 15 is 0 Å².